The molecule has 0 bridgehead atoms. The van der Waals surface area contributed by atoms with Crippen LogP contribution < -0.4 is 34.7 Å². The number of carboxylic acid groups (broad SMARTS) is 1. The number of aliphatic carboxylic acids is 1. The SMILES string of the molecule is C=CCCCC(O)(O)C(=O)[O-].[Na+]. The van der Waals surface area contributed by atoms with Crippen LogP contribution in [-0.2, 0) is 4.79 Å². The smallest absolute Gasteiger partial charge is 0.544 e. The summed E-state index contributed by atoms with van der Waals surface area (Å²) in [6.45, 7) is 3.40. The minimum atomic E-state index is -2.69. The fourth-order valence-corrected chi connectivity index (χ4v) is 0.595. The van der Waals surface area contributed by atoms with Crippen LogP contribution in [0, 0.1) is 0 Å². The van der Waals surface area contributed by atoms with Crippen molar-refractivity contribution in [1.29, 1.82) is 0 Å². The van der Waals surface area contributed by atoms with Crippen LogP contribution in [0.3, 0.4) is 0 Å². The van der Waals surface area contributed by atoms with Crippen LogP contribution in [0.2, 0.25) is 0 Å². The van der Waals surface area contributed by atoms with E-state index in [4.69, 9.17) is 10.2 Å². The molecule has 5 heteroatoms. The number of hydrogen-bond acceptors (Lipinski definition) is 4. The van der Waals surface area contributed by atoms with E-state index in [2.05, 4.69) is 6.58 Å². The summed E-state index contributed by atoms with van der Waals surface area (Å²) >= 11 is 0. The van der Waals surface area contributed by atoms with Crippen molar-refractivity contribution in [2.45, 2.75) is 25.0 Å². The Morgan fingerprint density at radius 1 is 1.58 bits per heavy atom. The van der Waals surface area contributed by atoms with Crippen LogP contribution in [0.4, 0.5) is 0 Å². The standard InChI is InChI=1S/C7H12O4.Na/c1-2-3-4-5-7(10,11)6(8)9;/h2,10-11H,1,3-5H2,(H,8,9);/q;+1/p-1. The fraction of sp³-hybridized carbons (Fsp3) is 0.571. The van der Waals surface area contributed by atoms with Crippen molar-refractivity contribution >= 4 is 5.97 Å². The van der Waals surface area contributed by atoms with E-state index in [-0.39, 0.29) is 36.0 Å². The van der Waals surface area contributed by atoms with Crippen molar-refractivity contribution in [2.75, 3.05) is 0 Å². The molecule has 0 saturated carbocycles. The third kappa shape index (κ3) is 5.74. The molecule has 64 valence electrons. The summed E-state index contributed by atoms with van der Waals surface area (Å²) < 4.78 is 0. The molecule has 0 rings (SSSR count). The Labute approximate surface area is 93.2 Å². The van der Waals surface area contributed by atoms with Crippen molar-refractivity contribution < 1.29 is 49.7 Å². The number of aliphatic hydroxyl groups is 2. The number of carbonyl (C=O) groups excluding carboxylic acids is 1. The molecule has 0 atom stereocenters. The van der Waals surface area contributed by atoms with Crippen LogP contribution in [0.5, 0.6) is 0 Å². The number of hydrogen-bond donors (Lipinski definition) is 2. The molecule has 0 heterocycles. The number of rotatable bonds is 5. The van der Waals surface area contributed by atoms with E-state index in [9.17, 15) is 9.90 Å². The number of allylic oxidation sites excluding steroid dienone is 1. The molecule has 0 aliphatic carbocycles. The maximum absolute atomic E-state index is 9.98. The van der Waals surface area contributed by atoms with E-state index in [0.29, 0.717) is 12.8 Å². The van der Waals surface area contributed by atoms with Gasteiger partial charge in [0.1, 0.15) is 5.97 Å². The quantitative estimate of drug-likeness (QED) is 0.195. The van der Waals surface area contributed by atoms with Crippen LogP contribution in [0.15, 0.2) is 12.7 Å². The first-order valence-corrected chi connectivity index (χ1v) is 3.28. The first kappa shape index (κ1) is 14.6. The minimum Gasteiger partial charge on any atom is -0.544 e. The van der Waals surface area contributed by atoms with Crippen molar-refractivity contribution in [3.05, 3.63) is 12.7 Å². The van der Waals surface area contributed by atoms with Crippen LogP contribution in [0.1, 0.15) is 19.3 Å². The number of carbonyl (C=O) groups is 1. The minimum absolute atomic E-state index is 0. The summed E-state index contributed by atoms with van der Waals surface area (Å²) in [6, 6.07) is 0. The Hall–Kier alpha value is 0.130. The fourth-order valence-electron chi connectivity index (χ4n) is 0.595. The molecule has 0 aliphatic rings. The average Bonchev–Trinajstić information content (AvgIpc) is 1.88. The van der Waals surface area contributed by atoms with Gasteiger partial charge >= 0.3 is 29.6 Å². The van der Waals surface area contributed by atoms with Crippen LogP contribution >= 0.6 is 0 Å². The van der Waals surface area contributed by atoms with E-state index in [1.807, 2.05) is 0 Å². The second-order valence-electron chi connectivity index (χ2n) is 2.28. The van der Waals surface area contributed by atoms with Gasteiger partial charge in [0.25, 0.3) is 0 Å². The van der Waals surface area contributed by atoms with Crippen LogP contribution in [0.25, 0.3) is 0 Å². The molecule has 0 amide bonds. The van der Waals surface area contributed by atoms with Crippen molar-refractivity contribution in [2.24, 2.45) is 0 Å². The van der Waals surface area contributed by atoms with Crippen molar-refractivity contribution in [1.82, 2.24) is 0 Å². The van der Waals surface area contributed by atoms with Gasteiger partial charge in [-0.25, -0.2) is 0 Å². The number of unbranched alkanes of at least 4 members (excludes halogenated alkanes) is 1. The van der Waals surface area contributed by atoms with E-state index in [1.165, 1.54) is 0 Å². The molecular weight excluding hydrogens is 171 g/mol. The molecule has 0 fully saturated rings. The summed E-state index contributed by atoms with van der Waals surface area (Å²) in [5.74, 6) is -4.55. The van der Waals surface area contributed by atoms with Crippen LogP contribution in [-0.4, -0.2) is 22.0 Å². The van der Waals surface area contributed by atoms with Gasteiger partial charge in [-0.1, -0.05) is 6.08 Å². The predicted octanol–water partition coefficient (Wildman–Crippen LogP) is -4.22. The molecule has 0 unspecified atom stereocenters. The Balaban J connectivity index is 0. The normalized spacial score (nSPS) is 10.2. The van der Waals surface area contributed by atoms with Crippen molar-refractivity contribution in [3.8, 4) is 0 Å². The van der Waals surface area contributed by atoms with Gasteiger partial charge in [0.15, 0.2) is 0 Å². The maximum Gasteiger partial charge on any atom is 1.00 e. The van der Waals surface area contributed by atoms with Gasteiger partial charge in [0.2, 0.25) is 5.79 Å². The average molecular weight is 182 g/mol. The third-order valence-corrected chi connectivity index (χ3v) is 1.26. The van der Waals surface area contributed by atoms with Gasteiger partial charge in [0, 0.05) is 6.42 Å². The van der Waals surface area contributed by atoms with Gasteiger partial charge in [0.05, 0.1) is 0 Å². The predicted molar refractivity (Wildman–Crippen MR) is 36.2 cm³/mol. The molecule has 0 aliphatic heterocycles. The molecule has 0 aromatic rings. The molecular formula is C7H11NaO4. The molecule has 0 aromatic carbocycles. The first-order valence-electron chi connectivity index (χ1n) is 3.28. The number of carboxylic acids is 1. The first-order chi connectivity index (χ1) is 5.00. The van der Waals surface area contributed by atoms with Gasteiger partial charge < -0.3 is 20.1 Å². The summed E-state index contributed by atoms with van der Waals surface area (Å²) in [5, 5.41) is 27.3. The molecule has 0 aromatic heterocycles. The van der Waals surface area contributed by atoms with E-state index < -0.39 is 11.8 Å². The second kappa shape index (κ2) is 6.62. The summed E-state index contributed by atoms with van der Waals surface area (Å²) in [6.07, 6.45) is 2.26. The monoisotopic (exact) mass is 182 g/mol. The van der Waals surface area contributed by atoms with E-state index >= 15 is 0 Å². The molecule has 12 heavy (non-hydrogen) atoms. The maximum atomic E-state index is 9.98. The molecule has 4 nitrogen and oxygen atoms in total. The molecule has 0 radical (unpaired) electrons. The molecule has 2 N–H and O–H groups in total. The topological polar surface area (TPSA) is 80.6 Å². The molecule has 0 saturated heterocycles. The zero-order valence-corrected chi connectivity index (χ0v) is 9.12. The Bertz CT molecular complexity index is 155. The zero-order valence-electron chi connectivity index (χ0n) is 7.12. The van der Waals surface area contributed by atoms with Gasteiger partial charge in [-0.3, -0.25) is 0 Å². The largest absolute Gasteiger partial charge is 1.00 e. The Morgan fingerprint density at radius 2 is 2.08 bits per heavy atom. The Morgan fingerprint density at radius 3 is 2.42 bits per heavy atom. The summed E-state index contributed by atoms with van der Waals surface area (Å²) in [7, 11) is 0. The summed E-state index contributed by atoms with van der Waals surface area (Å²) in [5.41, 5.74) is 0. The van der Waals surface area contributed by atoms with Gasteiger partial charge in [-0.05, 0) is 12.8 Å². The van der Waals surface area contributed by atoms with Crippen molar-refractivity contribution in [3.63, 3.8) is 0 Å². The summed E-state index contributed by atoms with van der Waals surface area (Å²) in [4.78, 5) is 9.98. The van der Waals surface area contributed by atoms with E-state index in [1.54, 1.807) is 6.08 Å². The third-order valence-electron chi connectivity index (χ3n) is 1.26. The van der Waals surface area contributed by atoms with Gasteiger partial charge in [-0.2, -0.15) is 0 Å². The van der Waals surface area contributed by atoms with E-state index in [0.717, 1.165) is 0 Å². The van der Waals surface area contributed by atoms with Gasteiger partial charge in [-0.15, -0.1) is 6.58 Å². The zero-order chi connectivity index (χ0) is 8.91. The molecule has 0 spiro atoms. The second-order valence-corrected chi connectivity index (χ2v) is 2.28. The Kier molecular flexibility index (Phi) is 8.08.